The number of hydrogen-bond acceptors (Lipinski definition) is 3. The number of nitrogens with zero attached hydrogens (tertiary/aromatic N) is 3. The van der Waals surface area contributed by atoms with Gasteiger partial charge in [-0.2, -0.15) is 5.10 Å². The molecule has 0 amide bonds. The molecule has 0 unspecified atom stereocenters. The molecular weight excluding hydrogens is 308 g/mol. The Bertz CT molecular complexity index is 662. The molecule has 1 aromatic heterocycles. The summed E-state index contributed by atoms with van der Waals surface area (Å²) < 4.78 is 2.11. The lowest BCUT2D eigenvalue weighted by Crippen LogP contribution is -2.48. The highest BCUT2D eigenvalue weighted by Crippen LogP contribution is 2.18. The zero-order valence-electron chi connectivity index (χ0n) is 14.1. The largest absolute Gasteiger partial charge is 0.312 e. The summed E-state index contributed by atoms with van der Waals surface area (Å²) >= 11 is 5.96. The van der Waals surface area contributed by atoms with Crippen LogP contribution in [0.5, 0.6) is 0 Å². The molecule has 0 radical (unpaired) electrons. The maximum atomic E-state index is 5.96. The van der Waals surface area contributed by atoms with Crippen LogP contribution in [-0.2, 0) is 13.1 Å². The summed E-state index contributed by atoms with van der Waals surface area (Å²) in [7, 11) is 0. The third-order valence-corrected chi connectivity index (χ3v) is 4.86. The van der Waals surface area contributed by atoms with Gasteiger partial charge in [0.25, 0.3) is 0 Å². The number of nitrogens with one attached hydrogen (secondary N) is 1. The third-order valence-electron chi connectivity index (χ3n) is 4.61. The van der Waals surface area contributed by atoms with E-state index in [1.54, 1.807) is 0 Å². The van der Waals surface area contributed by atoms with E-state index in [0.29, 0.717) is 6.04 Å². The third kappa shape index (κ3) is 3.94. The van der Waals surface area contributed by atoms with Crippen LogP contribution in [0.4, 0.5) is 0 Å². The standard InChI is InChI=1S/C18H25ClN4/c1-13-10-22(9-8-20-13)12-18-14(2)21-23(15(18)3)11-16-4-6-17(19)7-5-16/h4-7,13,20H,8-12H2,1-3H3/t13-/m0/s1. The number of hydrogen-bond donors (Lipinski definition) is 1. The first-order valence-electron chi connectivity index (χ1n) is 8.26. The van der Waals surface area contributed by atoms with Gasteiger partial charge in [-0.3, -0.25) is 9.58 Å². The highest BCUT2D eigenvalue weighted by atomic mass is 35.5. The lowest BCUT2D eigenvalue weighted by Gasteiger charge is -2.31. The topological polar surface area (TPSA) is 33.1 Å². The average Bonchev–Trinajstić information content (AvgIpc) is 2.77. The first-order chi connectivity index (χ1) is 11.0. The van der Waals surface area contributed by atoms with Gasteiger partial charge in [0.15, 0.2) is 0 Å². The van der Waals surface area contributed by atoms with Crippen molar-refractivity contribution in [1.29, 1.82) is 0 Å². The number of piperazine rings is 1. The van der Waals surface area contributed by atoms with Crippen molar-refractivity contribution in [1.82, 2.24) is 20.0 Å². The molecule has 1 saturated heterocycles. The molecule has 1 aliphatic heterocycles. The molecule has 5 heteroatoms. The Balaban J connectivity index is 1.75. The van der Waals surface area contributed by atoms with Crippen molar-refractivity contribution in [2.75, 3.05) is 19.6 Å². The van der Waals surface area contributed by atoms with Crippen LogP contribution in [0.3, 0.4) is 0 Å². The van der Waals surface area contributed by atoms with Crippen LogP contribution >= 0.6 is 11.6 Å². The minimum atomic E-state index is 0.563. The van der Waals surface area contributed by atoms with Crippen molar-refractivity contribution in [2.45, 2.75) is 39.9 Å². The molecule has 124 valence electrons. The Kier molecular flexibility index (Phi) is 5.05. The molecule has 4 nitrogen and oxygen atoms in total. The second-order valence-electron chi connectivity index (χ2n) is 6.52. The summed E-state index contributed by atoms with van der Waals surface area (Å²) in [6.45, 7) is 11.6. The fourth-order valence-corrected chi connectivity index (χ4v) is 3.38. The zero-order chi connectivity index (χ0) is 16.4. The molecule has 23 heavy (non-hydrogen) atoms. The van der Waals surface area contributed by atoms with E-state index < -0.39 is 0 Å². The Labute approximate surface area is 143 Å². The lowest BCUT2D eigenvalue weighted by atomic mass is 10.1. The Morgan fingerprint density at radius 1 is 1.22 bits per heavy atom. The SMILES string of the molecule is Cc1nn(Cc2ccc(Cl)cc2)c(C)c1CN1CCN[C@@H](C)C1. The van der Waals surface area contributed by atoms with E-state index in [2.05, 4.69) is 47.8 Å². The molecule has 1 aliphatic rings. The van der Waals surface area contributed by atoms with Crippen molar-refractivity contribution in [2.24, 2.45) is 0 Å². The van der Waals surface area contributed by atoms with Crippen molar-refractivity contribution in [3.8, 4) is 0 Å². The molecule has 3 rings (SSSR count). The van der Waals surface area contributed by atoms with Crippen molar-refractivity contribution < 1.29 is 0 Å². The highest BCUT2D eigenvalue weighted by molar-refractivity contribution is 6.30. The van der Waals surface area contributed by atoms with E-state index in [1.807, 2.05) is 12.1 Å². The van der Waals surface area contributed by atoms with Crippen LogP contribution in [0.2, 0.25) is 5.02 Å². The number of aromatic nitrogens is 2. The molecule has 2 aromatic rings. The maximum Gasteiger partial charge on any atom is 0.0662 e. The fourth-order valence-electron chi connectivity index (χ4n) is 3.26. The normalized spacial score (nSPS) is 19.2. The molecule has 2 heterocycles. The molecular formula is C18H25ClN4. The summed E-state index contributed by atoms with van der Waals surface area (Å²) in [5.41, 5.74) is 5.00. The van der Waals surface area contributed by atoms with Crippen molar-refractivity contribution in [3.63, 3.8) is 0 Å². The van der Waals surface area contributed by atoms with Crippen LogP contribution in [0, 0.1) is 13.8 Å². The van der Waals surface area contributed by atoms with E-state index in [-0.39, 0.29) is 0 Å². The zero-order valence-corrected chi connectivity index (χ0v) is 14.9. The van der Waals surface area contributed by atoms with Crippen LogP contribution in [0.15, 0.2) is 24.3 Å². The number of rotatable bonds is 4. The van der Waals surface area contributed by atoms with Gasteiger partial charge in [-0.25, -0.2) is 0 Å². The van der Waals surface area contributed by atoms with Gasteiger partial charge in [0, 0.05) is 48.5 Å². The van der Waals surface area contributed by atoms with Gasteiger partial charge >= 0.3 is 0 Å². The first kappa shape index (κ1) is 16.5. The van der Waals surface area contributed by atoms with Gasteiger partial charge in [0.1, 0.15) is 0 Å². The van der Waals surface area contributed by atoms with E-state index in [9.17, 15) is 0 Å². The lowest BCUT2D eigenvalue weighted by molar-refractivity contribution is 0.199. The summed E-state index contributed by atoms with van der Waals surface area (Å²) in [5.74, 6) is 0. The summed E-state index contributed by atoms with van der Waals surface area (Å²) in [6.07, 6.45) is 0. The molecule has 0 spiro atoms. The Morgan fingerprint density at radius 2 is 1.96 bits per heavy atom. The second kappa shape index (κ2) is 7.04. The van der Waals surface area contributed by atoms with Gasteiger partial charge in [-0.05, 0) is 38.5 Å². The van der Waals surface area contributed by atoms with Crippen LogP contribution in [0.1, 0.15) is 29.4 Å². The van der Waals surface area contributed by atoms with E-state index in [0.717, 1.165) is 43.4 Å². The van der Waals surface area contributed by atoms with Gasteiger partial charge in [0.05, 0.1) is 12.2 Å². The predicted octanol–water partition coefficient (Wildman–Crippen LogP) is 3.00. The quantitative estimate of drug-likeness (QED) is 0.934. The number of aryl methyl sites for hydroxylation is 1. The maximum absolute atomic E-state index is 5.96. The van der Waals surface area contributed by atoms with Gasteiger partial charge < -0.3 is 5.32 Å². The molecule has 1 aromatic carbocycles. The second-order valence-corrected chi connectivity index (χ2v) is 6.96. The molecule has 1 atom stereocenters. The minimum absolute atomic E-state index is 0.563. The summed E-state index contributed by atoms with van der Waals surface area (Å²) in [4.78, 5) is 2.52. The monoisotopic (exact) mass is 332 g/mol. The molecule has 0 bridgehead atoms. The van der Waals surface area contributed by atoms with E-state index >= 15 is 0 Å². The van der Waals surface area contributed by atoms with Crippen molar-refractivity contribution >= 4 is 11.6 Å². The fraction of sp³-hybridized carbons (Fsp3) is 0.500. The smallest absolute Gasteiger partial charge is 0.0662 e. The van der Waals surface area contributed by atoms with Gasteiger partial charge in [0.2, 0.25) is 0 Å². The number of halogens is 1. The van der Waals surface area contributed by atoms with Crippen LogP contribution in [-0.4, -0.2) is 40.4 Å². The van der Waals surface area contributed by atoms with E-state index in [1.165, 1.54) is 16.8 Å². The summed E-state index contributed by atoms with van der Waals surface area (Å²) in [6, 6.07) is 8.57. The first-order valence-corrected chi connectivity index (χ1v) is 8.64. The van der Waals surface area contributed by atoms with Crippen molar-refractivity contribution in [3.05, 3.63) is 51.8 Å². The van der Waals surface area contributed by atoms with Crippen LogP contribution in [0.25, 0.3) is 0 Å². The van der Waals surface area contributed by atoms with E-state index in [4.69, 9.17) is 16.7 Å². The van der Waals surface area contributed by atoms with Gasteiger partial charge in [-0.1, -0.05) is 23.7 Å². The Hall–Kier alpha value is -1.36. The van der Waals surface area contributed by atoms with Gasteiger partial charge in [-0.15, -0.1) is 0 Å². The predicted molar refractivity (Wildman–Crippen MR) is 95.0 cm³/mol. The highest BCUT2D eigenvalue weighted by Gasteiger charge is 2.19. The molecule has 0 saturated carbocycles. The molecule has 1 fully saturated rings. The van der Waals surface area contributed by atoms with Crippen LogP contribution < -0.4 is 5.32 Å². The summed E-state index contributed by atoms with van der Waals surface area (Å²) in [5, 5.41) is 9.02. The molecule has 1 N–H and O–H groups in total. The average molecular weight is 333 g/mol. The number of benzene rings is 1. The molecule has 0 aliphatic carbocycles. The Morgan fingerprint density at radius 3 is 2.65 bits per heavy atom. The minimum Gasteiger partial charge on any atom is -0.312 e.